The monoisotopic (exact) mass is 367 g/mol. The highest BCUT2D eigenvalue weighted by Gasteiger charge is 2.28. The van der Waals surface area contributed by atoms with E-state index < -0.39 is 5.69 Å². The molecule has 7 heteroatoms. The number of unbranched alkanes of at least 4 members (excludes halogenated alkanes) is 1. The van der Waals surface area contributed by atoms with Gasteiger partial charge < -0.3 is 9.47 Å². The predicted octanol–water partition coefficient (Wildman–Crippen LogP) is 2.55. The van der Waals surface area contributed by atoms with Gasteiger partial charge in [-0.25, -0.2) is 4.79 Å². The van der Waals surface area contributed by atoms with E-state index in [1.54, 1.807) is 7.05 Å². The molecule has 27 heavy (non-hydrogen) atoms. The Hall–Kier alpha value is -2.83. The van der Waals surface area contributed by atoms with Crippen LogP contribution in [0.4, 0.5) is 11.6 Å². The number of hydrogen-bond acceptors (Lipinski definition) is 4. The van der Waals surface area contributed by atoms with Gasteiger partial charge in [0.1, 0.15) is 0 Å². The van der Waals surface area contributed by atoms with Crippen molar-refractivity contribution < 1.29 is 0 Å². The van der Waals surface area contributed by atoms with Crippen molar-refractivity contribution in [2.24, 2.45) is 13.0 Å². The minimum Gasteiger partial charge on any atom is -0.312 e. The summed E-state index contributed by atoms with van der Waals surface area (Å²) in [4.78, 5) is 33.6. The normalized spacial score (nSPS) is 16.7. The van der Waals surface area contributed by atoms with Crippen molar-refractivity contribution >= 4 is 22.8 Å². The number of aromatic amines is 1. The zero-order valence-electron chi connectivity index (χ0n) is 16.0. The summed E-state index contributed by atoms with van der Waals surface area (Å²) in [6.45, 7) is 5.89. The van der Waals surface area contributed by atoms with Gasteiger partial charge in [-0.15, -0.1) is 0 Å². The van der Waals surface area contributed by atoms with Gasteiger partial charge in [0, 0.05) is 25.8 Å². The van der Waals surface area contributed by atoms with Gasteiger partial charge in [0.2, 0.25) is 5.95 Å². The third kappa shape index (κ3) is 2.97. The van der Waals surface area contributed by atoms with Gasteiger partial charge in [0.15, 0.2) is 11.2 Å². The van der Waals surface area contributed by atoms with E-state index in [0.717, 1.165) is 24.6 Å². The molecule has 0 saturated heterocycles. The first-order valence-electron chi connectivity index (χ1n) is 9.55. The third-order valence-corrected chi connectivity index (χ3v) is 5.28. The fourth-order valence-electron chi connectivity index (χ4n) is 3.81. The second-order valence-electron chi connectivity index (χ2n) is 7.50. The summed E-state index contributed by atoms with van der Waals surface area (Å²) in [5.74, 6) is 1.07. The van der Waals surface area contributed by atoms with Crippen LogP contribution in [0.3, 0.4) is 0 Å². The number of fused-ring (bicyclic) bond motifs is 3. The van der Waals surface area contributed by atoms with Crippen LogP contribution in [-0.2, 0) is 20.0 Å². The highest BCUT2D eigenvalue weighted by atomic mass is 16.2. The van der Waals surface area contributed by atoms with Crippen molar-refractivity contribution in [1.82, 2.24) is 19.1 Å². The van der Waals surface area contributed by atoms with Crippen molar-refractivity contribution in [3.8, 4) is 0 Å². The number of imidazole rings is 1. The lowest BCUT2D eigenvalue weighted by atomic mass is 10.1. The third-order valence-electron chi connectivity index (χ3n) is 5.28. The molecule has 4 rings (SSSR count). The van der Waals surface area contributed by atoms with E-state index in [2.05, 4.69) is 53.0 Å². The Bertz CT molecular complexity index is 1090. The topological polar surface area (TPSA) is 75.9 Å². The molecule has 0 amide bonds. The minimum atomic E-state index is -0.442. The molecule has 0 spiro atoms. The Balaban J connectivity index is 1.82. The van der Waals surface area contributed by atoms with E-state index in [9.17, 15) is 9.59 Å². The van der Waals surface area contributed by atoms with Crippen LogP contribution in [0, 0.1) is 5.92 Å². The lowest BCUT2D eigenvalue weighted by Crippen LogP contribution is -2.35. The zero-order valence-corrected chi connectivity index (χ0v) is 16.0. The van der Waals surface area contributed by atoms with Gasteiger partial charge in [-0.05, 0) is 36.5 Å². The molecular formula is C20H25N5O2. The molecule has 1 N–H and O–H groups in total. The van der Waals surface area contributed by atoms with Gasteiger partial charge >= 0.3 is 5.69 Å². The molecule has 7 nitrogen and oxygen atoms in total. The van der Waals surface area contributed by atoms with Gasteiger partial charge in [0.05, 0.1) is 0 Å². The Morgan fingerprint density at radius 3 is 2.63 bits per heavy atom. The molecule has 2 aromatic heterocycles. The lowest BCUT2D eigenvalue weighted by Gasteiger charge is -2.33. The summed E-state index contributed by atoms with van der Waals surface area (Å²) in [6.07, 6.45) is 3.46. The lowest BCUT2D eigenvalue weighted by molar-refractivity contribution is 0.458. The Labute approximate surface area is 157 Å². The van der Waals surface area contributed by atoms with Crippen LogP contribution >= 0.6 is 0 Å². The number of aromatic nitrogens is 4. The first-order valence-corrected chi connectivity index (χ1v) is 9.55. The summed E-state index contributed by atoms with van der Waals surface area (Å²) in [6, 6.07) is 8.57. The molecule has 0 aliphatic carbocycles. The number of H-pyrrole nitrogens is 1. The van der Waals surface area contributed by atoms with Crippen LogP contribution in [0.2, 0.25) is 0 Å². The van der Waals surface area contributed by atoms with Crippen LogP contribution in [-0.4, -0.2) is 25.6 Å². The SMILES string of the molecule is CCCCc1ccc(N2C[C@H](C)Cn3c2nc2c3c(=O)[nH]c(=O)n2C)cc1. The fourth-order valence-corrected chi connectivity index (χ4v) is 3.81. The number of anilines is 2. The number of hydrogen-bond donors (Lipinski definition) is 1. The largest absolute Gasteiger partial charge is 0.329 e. The molecule has 1 aliphatic heterocycles. The molecule has 1 aromatic carbocycles. The highest BCUT2D eigenvalue weighted by molar-refractivity contribution is 5.77. The van der Waals surface area contributed by atoms with Crippen LogP contribution in [0.25, 0.3) is 11.2 Å². The van der Waals surface area contributed by atoms with E-state index in [1.165, 1.54) is 23.0 Å². The minimum absolute atomic E-state index is 0.353. The molecule has 1 aliphatic rings. The Morgan fingerprint density at radius 2 is 1.93 bits per heavy atom. The van der Waals surface area contributed by atoms with Gasteiger partial charge in [0.25, 0.3) is 5.56 Å². The Kier molecular flexibility index (Phi) is 4.37. The molecule has 0 radical (unpaired) electrons. The van der Waals surface area contributed by atoms with Crippen molar-refractivity contribution in [1.29, 1.82) is 0 Å². The summed E-state index contributed by atoms with van der Waals surface area (Å²) in [7, 11) is 1.63. The van der Waals surface area contributed by atoms with Crippen LogP contribution in [0.15, 0.2) is 33.9 Å². The van der Waals surface area contributed by atoms with E-state index in [0.29, 0.717) is 23.6 Å². The average molecular weight is 367 g/mol. The first-order chi connectivity index (χ1) is 13.0. The Morgan fingerprint density at radius 1 is 1.19 bits per heavy atom. The summed E-state index contributed by atoms with van der Waals surface area (Å²) < 4.78 is 3.34. The molecule has 0 fully saturated rings. The average Bonchev–Trinajstić information content (AvgIpc) is 3.04. The smallest absolute Gasteiger partial charge is 0.312 e. The van der Waals surface area contributed by atoms with Crippen LogP contribution < -0.4 is 16.1 Å². The highest BCUT2D eigenvalue weighted by Crippen LogP contribution is 2.32. The number of benzene rings is 1. The molecule has 3 heterocycles. The van der Waals surface area contributed by atoms with Crippen LogP contribution in [0.5, 0.6) is 0 Å². The number of nitrogens with zero attached hydrogens (tertiary/aromatic N) is 4. The van der Waals surface area contributed by atoms with Gasteiger partial charge in [-0.3, -0.25) is 14.3 Å². The summed E-state index contributed by atoms with van der Waals surface area (Å²) in [5, 5.41) is 0. The maximum atomic E-state index is 12.4. The van der Waals surface area contributed by atoms with Crippen molar-refractivity contribution in [3.63, 3.8) is 0 Å². The molecule has 0 unspecified atom stereocenters. The molecular weight excluding hydrogens is 342 g/mol. The second kappa shape index (κ2) is 6.72. The summed E-state index contributed by atoms with van der Waals surface area (Å²) >= 11 is 0. The van der Waals surface area contributed by atoms with Gasteiger partial charge in [-0.1, -0.05) is 32.4 Å². The quantitative estimate of drug-likeness (QED) is 0.769. The van der Waals surface area contributed by atoms with E-state index in [1.807, 2.05) is 4.57 Å². The molecule has 0 saturated carbocycles. The fraction of sp³-hybridized carbons (Fsp3) is 0.450. The van der Waals surface area contributed by atoms with Gasteiger partial charge in [-0.2, -0.15) is 4.98 Å². The number of nitrogens with one attached hydrogen (secondary N) is 1. The number of rotatable bonds is 4. The van der Waals surface area contributed by atoms with Crippen molar-refractivity contribution in [3.05, 3.63) is 50.7 Å². The molecule has 1 atom stereocenters. The maximum absolute atomic E-state index is 12.4. The molecule has 142 valence electrons. The van der Waals surface area contributed by atoms with Crippen molar-refractivity contribution in [2.75, 3.05) is 11.4 Å². The molecule has 0 bridgehead atoms. The van der Waals surface area contributed by atoms with E-state index in [4.69, 9.17) is 0 Å². The standard InChI is InChI=1S/C20H25N5O2/c1-4-5-6-14-7-9-15(10-8-14)24-11-13(2)12-25-16-17(21-19(24)25)23(3)20(27)22-18(16)26/h7-10,13H,4-6,11-12H2,1-3H3,(H,22,26,27)/t13-/m0/s1. The predicted molar refractivity (Wildman–Crippen MR) is 107 cm³/mol. The van der Waals surface area contributed by atoms with Crippen LogP contribution in [0.1, 0.15) is 32.3 Å². The molecule has 3 aromatic rings. The first kappa shape index (κ1) is 17.6. The number of aryl methyl sites for hydroxylation is 2. The van der Waals surface area contributed by atoms with E-state index >= 15 is 0 Å². The van der Waals surface area contributed by atoms with Crippen molar-refractivity contribution in [2.45, 2.75) is 39.7 Å². The zero-order chi connectivity index (χ0) is 19.1. The summed E-state index contributed by atoms with van der Waals surface area (Å²) in [5.41, 5.74) is 2.46. The van der Waals surface area contributed by atoms with E-state index in [-0.39, 0.29) is 5.56 Å². The maximum Gasteiger partial charge on any atom is 0.329 e. The second-order valence-corrected chi connectivity index (χ2v) is 7.50.